The molecule has 0 amide bonds. The van der Waals surface area contributed by atoms with Crippen molar-refractivity contribution in [2.75, 3.05) is 0 Å². The molecule has 0 aliphatic heterocycles. The van der Waals surface area contributed by atoms with Gasteiger partial charge in [-0.25, -0.2) is 0 Å². The fourth-order valence-electron chi connectivity index (χ4n) is 0.789. The Morgan fingerprint density at radius 1 is 1.42 bits per heavy atom. The predicted octanol–water partition coefficient (Wildman–Crippen LogP) is 0.000580. The molecule has 0 saturated carbocycles. The second kappa shape index (κ2) is 3.72. The van der Waals surface area contributed by atoms with Crippen molar-refractivity contribution >= 4 is 28.5 Å². The standard InChI is InChI=1S/C7H5BBrNO2/c9-7-2-1-6(8(11)12)3-5(7)4-10/h1-3,11-12H. The largest absolute Gasteiger partial charge is 0.488 e. The summed E-state index contributed by atoms with van der Waals surface area (Å²) in [5, 5.41) is 26.1. The number of benzene rings is 1. The van der Waals surface area contributed by atoms with E-state index in [-0.39, 0.29) is 0 Å². The van der Waals surface area contributed by atoms with Crippen LogP contribution in [0.15, 0.2) is 22.7 Å². The van der Waals surface area contributed by atoms with Crippen molar-refractivity contribution in [2.45, 2.75) is 0 Å². The van der Waals surface area contributed by atoms with Crippen molar-refractivity contribution in [2.24, 2.45) is 0 Å². The molecule has 1 rings (SSSR count). The number of hydrogen-bond donors (Lipinski definition) is 2. The fourth-order valence-corrected chi connectivity index (χ4v) is 1.12. The summed E-state index contributed by atoms with van der Waals surface area (Å²) in [6.45, 7) is 0. The first-order valence-corrected chi connectivity index (χ1v) is 4.00. The van der Waals surface area contributed by atoms with Crippen LogP contribution in [0, 0.1) is 11.3 Å². The minimum absolute atomic E-state index is 0.315. The lowest BCUT2D eigenvalue weighted by Gasteiger charge is -2.00. The Morgan fingerprint density at radius 3 is 2.58 bits per heavy atom. The quantitative estimate of drug-likeness (QED) is 0.662. The van der Waals surface area contributed by atoms with Crippen molar-refractivity contribution in [1.82, 2.24) is 0 Å². The summed E-state index contributed by atoms with van der Waals surface area (Å²) in [5.74, 6) is 0. The average Bonchev–Trinajstić information content (AvgIpc) is 2.05. The molecule has 0 bridgehead atoms. The summed E-state index contributed by atoms with van der Waals surface area (Å²) in [5.41, 5.74) is 0.704. The highest BCUT2D eigenvalue weighted by Crippen LogP contribution is 2.13. The third kappa shape index (κ3) is 1.86. The van der Waals surface area contributed by atoms with E-state index in [2.05, 4.69) is 15.9 Å². The smallest absolute Gasteiger partial charge is 0.423 e. The highest BCUT2D eigenvalue weighted by molar-refractivity contribution is 9.10. The molecule has 0 aromatic heterocycles. The molecule has 5 heteroatoms. The minimum Gasteiger partial charge on any atom is -0.423 e. The Kier molecular flexibility index (Phi) is 2.87. The van der Waals surface area contributed by atoms with Crippen molar-refractivity contribution in [3.05, 3.63) is 28.2 Å². The summed E-state index contributed by atoms with van der Waals surface area (Å²) < 4.78 is 0.648. The van der Waals surface area contributed by atoms with Gasteiger partial charge in [-0.15, -0.1) is 0 Å². The molecule has 1 aromatic carbocycles. The van der Waals surface area contributed by atoms with Gasteiger partial charge in [0.25, 0.3) is 0 Å². The van der Waals surface area contributed by atoms with Gasteiger partial charge in [-0.2, -0.15) is 5.26 Å². The number of nitriles is 1. The molecule has 0 fully saturated rings. The van der Waals surface area contributed by atoms with Crippen LogP contribution in [0.4, 0.5) is 0 Å². The van der Waals surface area contributed by atoms with E-state index in [4.69, 9.17) is 15.3 Å². The summed E-state index contributed by atoms with van der Waals surface area (Å²) in [6, 6.07) is 6.49. The van der Waals surface area contributed by atoms with Gasteiger partial charge in [0.05, 0.1) is 5.56 Å². The van der Waals surface area contributed by atoms with Crippen LogP contribution >= 0.6 is 15.9 Å². The lowest BCUT2D eigenvalue weighted by atomic mass is 9.80. The second-order valence-corrected chi connectivity index (χ2v) is 3.08. The monoisotopic (exact) mass is 225 g/mol. The maximum Gasteiger partial charge on any atom is 0.488 e. The predicted molar refractivity (Wildman–Crippen MR) is 48.7 cm³/mol. The lowest BCUT2D eigenvalue weighted by Crippen LogP contribution is -2.29. The molecule has 0 heterocycles. The number of hydrogen-bond acceptors (Lipinski definition) is 3. The van der Waals surface area contributed by atoms with Gasteiger partial charge in [0.2, 0.25) is 0 Å². The van der Waals surface area contributed by atoms with Crippen molar-refractivity contribution in [3.63, 3.8) is 0 Å². The van der Waals surface area contributed by atoms with Crippen molar-refractivity contribution in [3.8, 4) is 6.07 Å². The number of nitrogens with zero attached hydrogens (tertiary/aromatic N) is 1. The maximum absolute atomic E-state index is 8.77. The summed E-state index contributed by atoms with van der Waals surface area (Å²) >= 11 is 3.15. The van der Waals surface area contributed by atoms with Gasteiger partial charge >= 0.3 is 7.12 Å². The fraction of sp³-hybridized carbons (Fsp3) is 0. The molecule has 0 spiro atoms. The number of halogens is 1. The molecule has 2 N–H and O–H groups in total. The zero-order chi connectivity index (χ0) is 9.14. The van der Waals surface area contributed by atoms with E-state index in [1.807, 2.05) is 6.07 Å². The van der Waals surface area contributed by atoms with Gasteiger partial charge in [-0.1, -0.05) is 6.07 Å². The molecule has 0 aliphatic rings. The van der Waals surface area contributed by atoms with Crippen molar-refractivity contribution < 1.29 is 10.0 Å². The molecule has 0 radical (unpaired) electrons. The zero-order valence-corrected chi connectivity index (χ0v) is 7.62. The van der Waals surface area contributed by atoms with Crippen molar-refractivity contribution in [1.29, 1.82) is 5.26 Å². The Morgan fingerprint density at radius 2 is 2.08 bits per heavy atom. The Hall–Kier alpha value is -0.825. The Labute approximate surface area is 78.5 Å². The maximum atomic E-state index is 8.77. The van der Waals surface area contributed by atoms with E-state index < -0.39 is 7.12 Å². The van der Waals surface area contributed by atoms with E-state index in [9.17, 15) is 0 Å². The summed E-state index contributed by atoms with van der Waals surface area (Å²) in [6.07, 6.45) is 0. The van der Waals surface area contributed by atoms with Crippen LogP contribution in [0.1, 0.15) is 5.56 Å². The molecular formula is C7H5BBrNO2. The van der Waals surface area contributed by atoms with E-state index in [0.717, 1.165) is 0 Å². The molecule has 1 aromatic rings. The van der Waals surface area contributed by atoms with Gasteiger partial charge in [-0.3, -0.25) is 0 Å². The zero-order valence-electron chi connectivity index (χ0n) is 6.03. The highest BCUT2D eigenvalue weighted by atomic mass is 79.9. The van der Waals surface area contributed by atoms with Crippen LogP contribution in [-0.2, 0) is 0 Å². The Bertz CT molecular complexity index is 335. The first kappa shape index (κ1) is 9.26. The molecule has 0 saturated heterocycles. The SMILES string of the molecule is N#Cc1cc(B(O)O)ccc1Br. The van der Waals surface area contributed by atoms with E-state index in [1.54, 1.807) is 6.07 Å². The van der Waals surface area contributed by atoms with Crippen LogP contribution < -0.4 is 5.46 Å². The Balaban J connectivity index is 3.16. The molecule has 60 valence electrons. The topological polar surface area (TPSA) is 64.2 Å². The second-order valence-electron chi connectivity index (χ2n) is 2.22. The van der Waals surface area contributed by atoms with E-state index >= 15 is 0 Å². The van der Waals surface area contributed by atoms with Gasteiger partial charge in [0.15, 0.2) is 0 Å². The van der Waals surface area contributed by atoms with E-state index in [1.165, 1.54) is 12.1 Å². The summed E-state index contributed by atoms with van der Waals surface area (Å²) in [4.78, 5) is 0. The average molecular weight is 226 g/mol. The first-order valence-electron chi connectivity index (χ1n) is 3.21. The van der Waals surface area contributed by atoms with Crippen LogP contribution in [0.5, 0.6) is 0 Å². The third-order valence-corrected chi connectivity index (χ3v) is 2.10. The summed E-state index contributed by atoms with van der Waals surface area (Å²) in [7, 11) is -1.52. The number of rotatable bonds is 1. The van der Waals surface area contributed by atoms with Gasteiger partial charge < -0.3 is 10.0 Å². The minimum atomic E-state index is -1.52. The molecule has 3 nitrogen and oxygen atoms in total. The van der Waals surface area contributed by atoms with Crippen LogP contribution in [-0.4, -0.2) is 17.2 Å². The van der Waals surface area contributed by atoms with Crippen LogP contribution in [0.3, 0.4) is 0 Å². The molecular weight excluding hydrogens is 221 g/mol. The lowest BCUT2D eigenvalue weighted by molar-refractivity contribution is 0.426. The van der Waals surface area contributed by atoms with Crippen LogP contribution in [0.2, 0.25) is 0 Å². The highest BCUT2D eigenvalue weighted by Gasteiger charge is 2.11. The normalized spacial score (nSPS) is 9.17. The molecule has 0 aliphatic carbocycles. The molecule has 12 heavy (non-hydrogen) atoms. The molecule has 0 atom stereocenters. The van der Waals surface area contributed by atoms with E-state index in [0.29, 0.717) is 15.5 Å². The third-order valence-electron chi connectivity index (χ3n) is 1.41. The van der Waals surface area contributed by atoms with Gasteiger partial charge in [-0.05, 0) is 33.5 Å². The molecule has 0 unspecified atom stereocenters. The van der Waals surface area contributed by atoms with Gasteiger partial charge in [0, 0.05) is 4.47 Å². The van der Waals surface area contributed by atoms with Gasteiger partial charge in [0.1, 0.15) is 6.07 Å². The van der Waals surface area contributed by atoms with Crippen LogP contribution in [0.25, 0.3) is 0 Å². The first-order chi connectivity index (χ1) is 5.65.